The second kappa shape index (κ2) is 6.43. The molecule has 1 fully saturated rings. The largest absolute Gasteiger partial charge is 0.507 e. The highest BCUT2D eigenvalue weighted by atomic mass is 127. The fraction of sp³-hybridized carbons (Fsp3) is 0.429. The van der Waals surface area contributed by atoms with E-state index in [-0.39, 0.29) is 17.6 Å². The lowest BCUT2D eigenvalue weighted by molar-refractivity contribution is -0.128. The van der Waals surface area contributed by atoms with Crippen LogP contribution in [0.4, 0.5) is 0 Å². The first-order valence-corrected chi connectivity index (χ1v) is 7.60. The molecule has 6 heteroatoms. The number of amides is 2. The average Bonchev–Trinajstić information content (AvgIpc) is 2.66. The lowest BCUT2D eigenvalue weighted by Gasteiger charge is -2.21. The Morgan fingerprint density at radius 1 is 1.15 bits per heavy atom. The molecule has 1 N–H and O–H groups in total. The zero-order valence-electron chi connectivity index (χ0n) is 11.3. The fourth-order valence-electron chi connectivity index (χ4n) is 2.29. The van der Waals surface area contributed by atoms with Gasteiger partial charge in [0.05, 0.1) is 5.56 Å². The predicted octanol–water partition coefficient (Wildman–Crippen LogP) is 1.69. The third-order valence-corrected chi connectivity index (χ3v) is 4.09. The lowest BCUT2D eigenvalue weighted by atomic mass is 10.1. The van der Waals surface area contributed by atoms with Crippen molar-refractivity contribution in [3.8, 4) is 5.75 Å². The van der Waals surface area contributed by atoms with Gasteiger partial charge in [-0.05, 0) is 47.2 Å². The Hall–Kier alpha value is -1.31. The molecule has 5 nitrogen and oxygen atoms in total. The number of phenolic OH excluding ortho intramolecular Hbond substituents is 1. The standard InChI is InChI=1S/C14H17IN2O3/c1-10(18)16-5-2-6-17(8-7-16)14(20)12-9-11(15)3-4-13(12)19/h3-4,9,19H,2,5-8H2,1H3. The number of halogens is 1. The van der Waals surface area contributed by atoms with Crippen LogP contribution in [0, 0.1) is 3.57 Å². The van der Waals surface area contributed by atoms with E-state index in [1.54, 1.807) is 28.9 Å². The van der Waals surface area contributed by atoms with E-state index in [2.05, 4.69) is 22.6 Å². The molecule has 2 rings (SSSR count). The number of aromatic hydroxyl groups is 1. The molecule has 0 saturated carbocycles. The van der Waals surface area contributed by atoms with Crippen molar-refractivity contribution >= 4 is 34.4 Å². The van der Waals surface area contributed by atoms with E-state index in [4.69, 9.17) is 0 Å². The van der Waals surface area contributed by atoms with E-state index in [1.807, 2.05) is 0 Å². The highest BCUT2D eigenvalue weighted by Gasteiger charge is 2.23. The molecule has 0 aliphatic carbocycles. The van der Waals surface area contributed by atoms with Crippen molar-refractivity contribution in [3.05, 3.63) is 27.3 Å². The Morgan fingerprint density at radius 3 is 2.50 bits per heavy atom. The molecule has 0 radical (unpaired) electrons. The van der Waals surface area contributed by atoms with Crippen molar-refractivity contribution in [2.75, 3.05) is 26.2 Å². The number of hydrogen-bond acceptors (Lipinski definition) is 3. The molecule has 1 aromatic carbocycles. The van der Waals surface area contributed by atoms with Crippen LogP contribution in [0.25, 0.3) is 0 Å². The third-order valence-electron chi connectivity index (χ3n) is 3.42. The second-order valence-electron chi connectivity index (χ2n) is 4.81. The maximum absolute atomic E-state index is 12.5. The molecule has 0 spiro atoms. The first kappa shape index (κ1) is 15.1. The Kier molecular flexibility index (Phi) is 4.85. The van der Waals surface area contributed by atoms with Gasteiger partial charge in [0.25, 0.3) is 5.91 Å². The maximum atomic E-state index is 12.5. The summed E-state index contributed by atoms with van der Waals surface area (Å²) in [7, 11) is 0. The van der Waals surface area contributed by atoms with Crippen LogP contribution in [0.2, 0.25) is 0 Å². The molecule has 108 valence electrons. The van der Waals surface area contributed by atoms with Crippen molar-refractivity contribution in [2.24, 2.45) is 0 Å². The molecule has 1 aromatic rings. The molecule has 1 heterocycles. The number of phenols is 1. The Morgan fingerprint density at radius 2 is 1.80 bits per heavy atom. The summed E-state index contributed by atoms with van der Waals surface area (Å²) in [4.78, 5) is 27.3. The minimum atomic E-state index is -0.175. The first-order chi connectivity index (χ1) is 9.49. The third kappa shape index (κ3) is 3.41. The summed E-state index contributed by atoms with van der Waals surface area (Å²) in [5.41, 5.74) is 0.327. The van der Waals surface area contributed by atoms with Crippen molar-refractivity contribution in [3.63, 3.8) is 0 Å². The molecule has 2 amide bonds. The molecule has 0 bridgehead atoms. The summed E-state index contributed by atoms with van der Waals surface area (Å²) >= 11 is 2.11. The Labute approximate surface area is 131 Å². The van der Waals surface area contributed by atoms with Gasteiger partial charge in [0.2, 0.25) is 5.91 Å². The SMILES string of the molecule is CC(=O)N1CCCN(C(=O)c2cc(I)ccc2O)CC1. The number of rotatable bonds is 1. The van der Waals surface area contributed by atoms with Crippen molar-refractivity contribution in [1.82, 2.24) is 9.80 Å². The Bertz CT molecular complexity index is 533. The normalized spacial score (nSPS) is 15.9. The van der Waals surface area contributed by atoms with Gasteiger partial charge in [-0.25, -0.2) is 0 Å². The molecule has 1 aliphatic heterocycles. The highest BCUT2D eigenvalue weighted by molar-refractivity contribution is 14.1. The van der Waals surface area contributed by atoms with Crippen LogP contribution in [-0.2, 0) is 4.79 Å². The van der Waals surface area contributed by atoms with Gasteiger partial charge in [-0.2, -0.15) is 0 Å². The lowest BCUT2D eigenvalue weighted by Crippen LogP contribution is -2.36. The molecule has 0 unspecified atom stereocenters. The maximum Gasteiger partial charge on any atom is 0.257 e. The van der Waals surface area contributed by atoms with Crippen LogP contribution in [0.1, 0.15) is 23.7 Å². The molecule has 0 aromatic heterocycles. The van der Waals surface area contributed by atoms with E-state index >= 15 is 0 Å². The first-order valence-electron chi connectivity index (χ1n) is 6.52. The monoisotopic (exact) mass is 388 g/mol. The summed E-state index contributed by atoms with van der Waals surface area (Å²) in [5, 5.41) is 9.83. The minimum absolute atomic E-state index is 0.00286. The van der Waals surface area contributed by atoms with Crippen molar-refractivity contribution in [2.45, 2.75) is 13.3 Å². The summed E-state index contributed by atoms with van der Waals surface area (Å²) in [6, 6.07) is 4.98. The highest BCUT2D eigenvalue weighted by Crippen LogP contribution is 2.22. The average molecular weight is 388 g/mol. The quantitative estimate of drug-likeness (QED) is 0.745. The number of nitrogens with zero attached hydrogens (tertiary/aromatic N) is 2. The smallest absolute Gasteiger partial charge is 0.257 e. The van der Waals surface area contributed by atoms with E-state index in [1.165, 1.54) is 6.07 Å². The van der Waals surface area contributed by atoms with E-state index in [9.17, 15) is 14.7 Å². The van der Waals surface area contributed by atoms with Gasteiger partial charge in [0, 0.05) is 36.7 Å². The van der Waals surface area contributed by atoms with E-state index in [0.717, 1.165) is 9.99 Å². The van der Waals surface area contributed by atoms with Crippen LogP contribution in [0.3, 0.4) is 0 Å². The summed E-state index contributed by atoms with van der Waals surface area (Å²) < 4.78 is 0.906. The van der Waals surface area contributed by atoms with Crippen molar-refractivity contribution in [1.29, 1.82) is 0 Å². The number of benzene rings is 1. The summed E-state index contributed by atoms with van der Waals surface area (Å²) in [5.74, 6) is -0.133. The second-order valence-corrected chi connectivity index (χ2v) is 6.06. The van der Waals surface area contributed by atoms with E-state index < -0.39 is 0 Å². The molecule has 1 aliphatic rings. The van der Waals surface area contributed by atoms with Crippen molar-refractivity contribution < 1.29 is 14.7 Å². The molecular formula is C14H17IN2O3. The number of hydrogen-bond donors (Lipinski definition) is 1. The van der Waals surface area contributed by atoms with Crippen LogP contribution in [0.15, 0.2) is 18.2 Å². The predicted molar refractivity (Wildman–Crippen MR) is 83.6 cm³/mol. The topological polar surface area (TPSA) is 60.9 Å². The molecule has 0 atom stereocenters. The van der Waals surface area contributed by atoms with Gasteiger partial charge in [0.15, 0.2) is 0 Å². The van der Waals surface area contributed by atoms with Crippen LogP contribution >= 0.6 is 22.6 Å². The van der Waals surface area contributed by atoms with Gasteiger partial charge < -0.3 is 14.9 Å². The molecule has 1 saturated heterocycles. The van der Waals surface area contributed by atoms with Gasteiger partial charge >= 0.3 is 0 Å². The minimum Gasteiger partial charge on any atom is -0.507 e. The van der Waals surface area contributed by atoms with Gasteiger partial charge in [-0.3, -0.25) is 9.59 Å². The summed E-state index contributed by atoms with van der Waals surface area (Å²) in [6.45, 7) is 3.88. The Balaban J connectivity index is 2.13. The van der Waals surface area contributed by atoms with Gasteiger partial charge in [0.1, 0.15) is 5.75 Å². The van der Waals surface area contributed by atoms with E-state index in [0.29, 0.717) is 31.7 Å². The zero-order valence-corrected chi connectivity index (χ0v) is 13.5. The molecular weight excluding hydrogens is 371 g/mol. The fourth-order valence-corrected chi connectivity index (χ4v) is 2.78. The zero-order chi connectivity index (χ0) is 14.7. The summed E-state index contributed by atoms with van der Waals surface area (Å²) in [6.07, 6.45) is 0.760. The van der Waals surface area contributed by atoms with Gasteiger partial charge in [-0.15, -0.1) is 0 Å². The molecule has 20 heavy (non-hydrogen) atoms. The van der Waals surface area contributed by atoms with Crippen LogP contribution in [0.5, 0.6) is 5.75 Å². The number of carbonyl (C=O) groups excluding carboxylic acids is 2. The number of carbonyl (C=O) groups is 2. The van der Waals surface area contributed by atoms with Crippen LogP contribution in [-0.4, -0.2) is 52.9 Å². The van der Waals surface area contributed by atoms with Crippen LogP contribution < -0.4 is 0 Å². The van der Waals surface area contributed by atoms with Gasteiger partial charge in [-0.1, -0.05) is 0 Å².